The smallest absolute Gasteiger partial charge is 0.271 e. The molecule has 8 heteroatoms. The number of hydrogen-bond acceptors (Lipinski definition) is 4. The highest BCUT2D eigenvalue weighted by Gasteiger charge is 2.18. The first-order valence-electron chi connectivity index (χ1n) is 5.18. The van der Waals surface area contributed by atoms with Crippen LogP contribution in [0.15, 0.2) is 33.9 Å². The van der Waals surface area contributed by atoms with Gasteiger partial charge in [0.25, 0.3) is 10.0 Å². The average Bonchev–Trinajstić information content (AvgIpc) is 2.82. The molecule has 1 heterocycles. The molecular weight excluding hydrogens is 311 g/mol. The van der Waals surface area contributed by atoms with Crippen LogP contribution in [-0.2, 0) is 16.6 Å². The van der Waals surface area contributed by atoms with E-state index in [0.29, 0.717) is 0 Å². The molecule has 0 unspecified atom stereocenters. The molecule has 19 heavy (non-hydrogen) atoms. The number of sulfonamides is 1. The third-order valence-electron chi connectivity index (χ3n) is 2.31. The van der Waals surface area contributed by atoms with Crippen molar-refractivity contribution in [3.63, 3.8) is 0 Å². The molecule has 0 bridgehead atoms. The standard InChI is InChI=1S/C11H10ClFN2O2S2/c12-9-4-8(13)1-2-10(9)15-19(16,17)11-3-7(5-14)6-18-11/h1-4,6,15H,5,14H2. The first-order chi connectivity index (χ1) is 8.92. The zero-order valence-corrected chi connectivity index (χ0v) is 11.9. The quantitative estimate of drug-likeness (QED) is 0.910. The first-order valence-corrected chi connectivity index (χ1v) is 7.92. The number of benzene rings is 1. The largest absolute Gasteiger partial charge is 0.326 e. The summed E-state index contributed by atoms with van der Waals surface area (Å²) in [4.78, 5) is 0. The van der Waals surface area contributed by atoms with Gasteiger partial charge in [-0.15, -0.1) is 11.3 Å². The Morgan fingerprint density at radius 1 is 1.37 bits per heavy atom. The van der Waals surface area contributed by atoms with E-state index in [-0.39, 0.29) is 21.5 Å². The highest BCUT2D eigenvalue weighted by atomic mass is 35.5. The van der Waals surface area contributed by atoms with Gasteiger partial charge >= 0.3 is 0 Å². The van der Waals surface area contributed by atoms with E-state index in [0.717, 1.165) is 29.0 Å². The SMILES string of the molecule is NCc1csc(S(=O)(=O)Nc2ccc(F)cc2Cl)c1. The van der Waals surface area contributed by atoms with Crippen molar-refractivity contribution < 1.29 is 12.8 Å². The predicted molar refractivity (Wildman–Crippen MR) is 74.4 cm³/mol. The van der Waals surface area contributed by atoms with Gasteiger partial charge in [-0.2, -0.15) is 0 Å². The fraction of sp³-hybridized carbons (Fsp3) is 0.0909. The Morgan fingerprint density at radius 2 is 2.11 bits per heavy atom. The van der Waals surface area contributed by atoms with E-state index in [1.165, 1.54) is 12.1 Å². The fourth-order valence-corrected chi connectivity index (χ4v) is 3.94. The van der Waals surface area contributed by atoms with Crippen LogP contribution in [0.5, 0.6) is 0 Å². The van der Waals surface area contributed by atoms with Crippen LogP contribution < -0.4 is 10.5 Å². The first kappa shape index (κ1) is 14.3. The highest BCUT2D eigenvalue weighted by Crippen LogP contribution is 2.27. The number of anilines is 1. The lowest BCUT2D eigenvalue weighted by molar-refractivity contribution is 0.603. The molecule has 0 aliphatic rings. The van der Waals surface area contributed by atoms with Crippen molar-refractivity contribution in [3.05, 3.63) is 46.0 Å². The molecule has 0 aliphatic carbocycles. The molecule has 0 saturated carbocycles. The monoisotopic (exact) mass is 320 g/mol. The second-order valence-corrected chi connectivity index (χ2v) is 6.94. The molecule has 0 aliphatic heterocycles. The van der Waals surface area contributed by atoms with Crippen molar-refractivity contribution in [2.24, 2.45) is 5.73 Å². The van der Waals surface area contributed by atoms with E-state index < -0.39 is 15.8 Å². The maximum Gasteiger partial charge on any atom is 0.271 e. The summed E-state index contributed by atoms with van der Waals surface area (Å²) in [6.45, 7) is 0.267. The van der Waals surface area contributed by atoms with Crippen LogP contribution >= 0.6 is 22.9 Å². The summed E-state index contributed by atoms with van der Waals surface area (Å²) in [5, 5.41) is 1.67. The summed E-state index contributed by atoms with van der Waals surface area (Å²) in [5.74, 6) is -0.533. The van der Waals surface area contributed by atoms with Crippen LogP contribution in [0.3, 0.4) is 0 Å². The third-order valence-corrected chi connectivity index (χ3v) is 5.47. The molecular formula is C11H10ClFN2O2S2. The Kier molecular flexibility index (Phi) is 4.10. The van der Waals surface area contributed by atoms with Crippen molar-refractivity contribution in [2.75, 3.05) is 4.72 Å². The van der Waals surface area contributed by atoms with Crippen LogP contribution in [-0.4, -0.2) is 8.42 Å². The molecule has 4 nitrogen and oxygen atoms in total. The molecule has 3 N–H and O–H groups in total. The number of hydrogen-bond donors (Lipinski definition) is 2. The van der Waals surface area contributed by atoms with Crippen LogP contribution in [0.4, 0.5) is 10.1 Å². The van der Waals surface area contributed by atoms with Gasteiger partial charge in [0.1, 0.15) is 10.0 Å². The Morgan fingerprint density at radius 3 is 2.68 bits per heavy atom. The van der Waals surface area contributed by atoms with Gasteiger partial charge in [-0.05, 0) is 35.2 Å². The van der Waals surface area contributed by atoms with E-state index in [4.69, 9.17) is 17.3 Å². The zero-order chi connectivity index (χ0) is 14.0. The van der Waals surface area contributed by atoms with E-state index in [2.05, 4.69) is 4.72 Å². The van der Waals surface area contributed by atoms with Gasteiger partial charge in [0.05, 0.1) is 10.7 Å². The van der Waals surface area contributed by atoms with E-state index >= 15 is 0 Å². The number of rotatable bonds is 4. The molecule has 0 saturated heterocycles. The predicted octanol–water partition coefficient (Wildman–Crippen LogP) is 2.80. The average molecular weight is 321 g/mol. The molecule has 0 radical (unpaired) electrons. The molecule has 1 aromatic carbocycles. The van der Waals surface area contributed by atoms with Gasteiger partial charge < -0.3 is 5.73 Å². The van der Waals surface area contributed by atoms with E-state index in [1.54, 1.807) is 5.38 Å². The van der Waals surface area contributed by atoms with Crippen molar-refractivity contribution in [2.45, 2.75) is 10.8 Å². The minimum Gasteiger partial charge on any atom is -0.326 e. The second-order valence-electron chi connectivity index (χ2n) is 3.71. The summed E-state index contributed by atoms with van der Waals surface area (Å²) in [6.07, 6.45) is 0. The molecule has 102 valence electrons. The Balaban J connectivity index is 2.30. The van der Waals surface area contributed by atoms with Crippen LogP contribution in [0.25, 0.3) is 0 Å². The fourth-order valence-electron chi connectivity index (χ4n) is 1.37. The van der Waals surface area contributed by atoms with Gasteiger partial charge in [0.15, 0.2) is 0 Å². The third kappa shape index (κ3) is 3.24. The normalized spacial score (nSPS) is 11.5. The molecule has 2 rings (SSSR count). The van der Waals surface area contributed by atoms with Gasteiger partial charge in [-0.3, -0.25) is 4.72 Å². The minimum atomic E-state index is -3.73. The van der Waals surface area contributed by atoms with Crippen LogP contribution in [0, 0.1) is 5.82 Å². The van der Waals surface area contributed by atoms with Crippen LogP contribution in [0.2, 0.25) is 5.02 Å². The van der Waals surface area contributed by atoms with Gasteiger partial charge in [0, 0.05) is 6.54 Å². The number of nitrogens with two attached hydrogens (primary N) is 1. The molecule has 0 amide bonds. The molecule has 1 aromatic heterocycles. The summed E-state index contributed by atoms with van der Waals surface area (Å²) in [6, 6.07) is 4.93. The Labute approximate surface area is 119 Å². The lowest BCUT2D eigenvalue weighted by atomic mass is 10.3. The summed E-state index contributed by atoms with van der Waals surface area (Å²) >= 11 is 6.83. The van der Waals surface area contributed by atoms with Gasteiger partial charge in [-0.25, -0.2) is 12.8 Å². The topological polar surface area (TPSA) is 72.2 Å². The minimum absolute atomic E-state index is 0.000760. The molecule has 0 atom stereocenters. The van der Waals surface area contributed by atoms with Gasteiger partial charge in [0.2, 0.25) is 0 Å². The lowest BCUT2D eigenvalue weighted by Crippen LogP contribution is -2.12. The summed E-state index contributed by atoms with van der Waals surface area (Å²) in [7, 11) is -3.73. The van der Waals surface area contributed by atoms with Gasteiger partial charge in [-0.1, -0.05) is 11.6 Å². The Bertz CT molecular complexity index is 700. The second kappa shape index (κ2) is 5.46. The molecule has 2 aromatic rings. The zero-order valence-electron chi connectivity index (χ0n) is 9.56. The van der Waals surface area contributed by atoms with Crippen LogP contribution in [0.1, 0.15) is 5.56 Å². The number of halogens is 2. The van der Waals surface area contributed by atoms with Crippen molar-refractivity contribution in [3.8, 4) is 0 Å². The molecule has 0 fully saturated rings. The van der Waals surface area contributed by atoms with Crippen molar-refractivity contribution in [1.82, 2.24) is 0 Å². The van der Waals surface area contributed by atoms with Crippen molar-refractivity contribution >= 4 is 38.6 Å². The number of thiophene rings is 1. The maximum absolute atomic E-state index is 12.9. The Hall–Kier alpha value is -1.15. The van der Waals surface area contributed by atoms with Crippen molar-refractivity contribution in [1.29, 1.82) is 0 Å². The maximum atomic E-state index is 12.9. The summed E-state index contributed by atoms with van der Waals surface area (Å²) in [5.41, 5.74) is 6.29. The van der Waals surface area contributed by atoms with E-state index in [9.17, 15) is 12.8 Å². The van der Waals surface area contributed by atoms with E-state index in [1.807, 2.05) is 0 Å². The number of nitrogens with one attached hydrogen (secondary N) is 1. The highest BCUT2D eigenvalue weighted by molar-refractivity contribution is 7.94. The molecule has 0 spiro atoms. The lowest BCUT2D eigenvalue weighted by Gasteiger charge is -2.07. The summed E-state index contributed by atoms with van der Waals surface area (Å²) < 4.78 is 39.5.